The highest BCUT2D eigenvalue weighted by Gasteiger charge is 2.44. The van der Waals surface area contributed by atoms with Gasteiger partial charge in [-0.25, -0.2) is 0 Å². The van der Waals surface area contributed by atoms with Crippen LogP contribution in [0.25, 0.3) is 0 Å². The summed E-state index contributed by atoms with van der Waals surface area (Å²) in [6.45, 7) is 2.15. The van der Waals surface area contributed by atoms with Crippen LogP contribution >= 0.6 is 0 Å². The van der Waals surface area contributed by atoms with Crippen LogP contribution in [-0.4, -0.2) is 18.7 Å². The van der Waals surface area contributed by atoms with Gasteiger partial charge < -0.3 is 15.8 Å². The smallest absolute Gasteiger partial charge is 0.120 e. The van der Waals surface area contributed by atoms with Crippen LogP contribution in [0.3, 0.4) is 0 Å². The van der Waals surface area contributed by atoms with Crippen LogP contribution in [-0.2, 0) is 0 Å². The summed E-state index contributed by atoms with van der Waals surface area (Å²) in [7, 11) is 0. The van der Waals surface area contributed by atoms with Crippen LogP contribution in [0.5, 0.6) is 5.75 Å². The normalized spacial score (nSPS) is 23.3. The van der Waals surface area contributed by atoms with Crippen LogP contribution in [0.1, 0.15) is 32.1 Å². The molecule has 2 fully saturated rings. The van der Waals surface area contributed by atoms with E-state index in [0.29, 0.717) is 0 Å². The number of piperidine rings is 1. The Bertz CT molecular complexity index is 391. The second-order valence-electron chi connectivity index (χ2n) is 5.61. The Morgan fingerprint density at radius 1 is 1.11 bits per heavy atom. The number of hydrogen-bond donors (Lipinski definition) is 2. The summed E-state index contributed by atoms with van der Waals surface area (Å²) in [4.78, 5) is 0. The summed E-state index contributed by atoms with van der Waals surface area (Å²) in [5.41, 5.74) is 6.59. The lowest BCUT2D eigenvalue weighted by Gasteiger charge is -2.47. The van der Waals surface area contributed by atoms with Gasteiger partial charge in [0.2, 0.25) is 0 Å². The zero-order chi connectivity index (χ0) is 12.4. The molecule has 3 rings (SSSR count). The highest BCUT2D eigenvalue weighted by molar-refractivity contribution is 5.41. The van der Waals surface area contributed by atoms with E-state index in [1.165, 1.54) is 19.3 Å². The first-order valence-corrected chi connectivity index (χ1v) is 7.04. The fourth-order valence-corrected chi connectivity index (χ4v) is 3.15. The van der Waals surface area contributed by atoms with Crippen molar-refractivity contribution >= 4 is 5.69 Å². The molecule has 1 aromatic carbocycles. The Morgan fingerprint density at radius 3 is 2.33 bits per heavy atom. The van der Waals surface area contributed by atoms with E-state index in [2.05, 4.69) is 5.32 Å². The van der Waals surface area contributed by atoms with E-state index in [4.69, 9.17) is 10.5 Å². The van der Waals surface area contributed by atoms with Crippen LogP contribution in [0.2, 0.25) is 0 Å². The molecule has 3 nitrogen and oxygen atoms in total. The van der Waals surface area contributed by atoms with E-state index in [0.717, 1.165) is 43.3 Å². The molecule has 0 amide bonds. The van der Waals surface area contributed by atoms with Crippen molar-refractivity contribution in [2.45, 2.75) is 37.7 Å². The molecule has 2 aliphatic rings. The van der Waals surface area contributed by atoms with Gasteiger partial charge in [-0.2, -0.15) is 0 Å². The number of hydrogen-bond acceptors (Lipinski definition) is 3. The molecular weight excluding hydrogens is 224 g/mol. The fourth-order valence-electron chi connectivity index (χ4n) is 3.15. The van der Waals surface area contributed by atoms with Gasteiger partial charge in [0.15, 0.2) is 0 Å². The van der Waals surface area contributed by atoms with Crippen molar-refractivity contribution in [3.05, 3.63) is 24.3 Å². The molecule has 0 atom stereocenters. The zero-order valence-electron chi connectivity index (χ0n) is 10.8. The number of nitrogens with two attached hydrogens (primary N) is 1. The second kappa shape index (κ2) is 4.81. The van der Waals surface area contributed by atoms with Gasteiger partial charge in [0, 0.05) is 5.69 Å². The van der Waals surface area contributed by atoms with Crippen LogP contribution in [0.4, 0.5) is 5.69 Å². The molecule has 1 saturated carbocycles. The van der Waals surface area contributed by atoms with Gasteiger partial charge in [0.1, 0.15) is 11.4 Å². The summed E-state index contributed by atoms with van der Waals surface area (Å²) >= 11 is 0. The summed E-state index contributed by atoms with van der Waals surface area (Å²) in [6.07, 6.45) is 6.28. The fraction of sp³-hybridized carbons (Fsp3) is 0.600. The molecule has 0 bridgehead atoms. The van der Waals surface area contributed by atoms with Gasteiger partial charge in [-0.05, 0) is 69.0 Å². The minimum absolute atomic E-state index is 0.0691. The van der Waals surface area contributed by atoms with Gasteiger partial charge in [0.25, 0.3) is 0 Å². The number of ether oxygens (including phenoxy) is 1. The van der Waals surface area contributed by atoms with E-state index >= 15 is 0 Å². The molecule has 1 heterocycles. The molecule has 1 aliphatic heterocycles. The van der Waals surface area contributed by atoms with Gasteiger partial charge in [-0.15, -0.1) is 0 Å². The first kappa shape index (κ1) is 11.8. The van der Waals surface area contributed by atoms with Gasteiger partial charge in [-0.1, -0.05) is 6.42 Å². The maximum atomic E-state index is 6.41. The lowest BCUT2D eigenvalue weighted by atomic mass is 9.68. The summed E-state index contributed by atoms with van der Waals surface area (Å²) in [6, 6.07) is 7.84. The van der Waals surface area contributed by atoms with Crippen molar-refractivity contribution in [1.82, 2.24) is 5.32 Å². The average molecular weight is 246 g/mol. The molecule has 0 spiro atoms. The van der Waals surface area contributed by atoms with E-state index in [-0.39, 0.29) is 5.60 Å². The Hall–Kier alpha value is -1.22. The zero-order valence-corrected chi connectivity index (χ0v) is 10.8. The Balaban J connectivity index is 1.78. The number of nitrogens with one attached hydrogen (secondary N) is 1. The molecule has 1 aliphatic carbocycles. The minimum Gasteiger partial charge on any atom is -0.487 e. The average Bonchev–Trinajstić information content (AvgIpc) is 2.31. The Labute approximate surface area is 109 Å². The summed E-state index contributed by atoms with van der Waals surface area (Å²) in [5, 5.41) is 3.44. The Kier molecular flexibility index (Phi) is 3.16. The molecule has 98 valence electrons. The summed E-state index contributed by atoms with van der Waals surface area (Å²) in [5.74, 6) is 1.72. The summed E-state index contributed by atoms with van der Waals surface area (Å²) < 4.78 is 6.41. The predicted molar refractivity (Wildman–Crippen MR) is 73.7 cm³/mol. The van der Waals surface area contributed by atoms with Crippen molar-refractivity contribution in [3.63, 3.8) is 0 Å². The molecule has 3 N–H and O–H groups in total. The van der Waals surface area contributed by atoms with Crippen LogP contribution < -0.4 is 15.8 Å². The third-order valence-electron chi connectivity index (χ3n) is 4.50. The highest BCUT2D eigenvalue weighted by Crippen LogP contribution is 2.43. The molecule has 0 aromatic heterocycles. The van der Waals surface area contributed by atoms with Crippen molar-refractivity contribution < 1.29 is 4.74 Å². The van der Waals surface area contributed by atoms with Gasteiger partial charge >= 0.3 is 0 Å². The number of anilines is 1. The van der Waals surface area contributed by atoms with Crippen LogP contribution in [0, 0.1) is 5.92 Å². The van der Waals surface area contributed by atoms with E-state index in [9.17, 15) is 0 Å². The van der Waals surface area contributed by atoms with Gasteiger partial charge in [0.05, 0.1) is 0 Å². The predicted octanol–water partition coefficient (Wildman–Crippen LogP) is 2.57. The number of rotatable bonds is 3. The van der Waals surface area contributed by atoms with Crippen molar-refractivity contribution in [2.24, 2.45) is 5.92 Å². The Morgan fingerprint density at radius 2 is 1.78 bits per heavy atom. The van der Waals surface area contributed by atoms with Crippen molar-refractivity contribution in [3.8, 4) is 5.75 Å². The number of nitrogen functional groups attached to an aromatic ring is 1. The third kappa shape index (κ3) is 2.19. The molecule has 3 heteroatoms. The van der Waals surface area contributed by atoms with Gasteiger partial charge in [-0.3, -0.25) is 0 Å². The maximum absolute atomic E-state index is 6.41. The molecule has 1 saturated heterocycles. The van der Waals surface area contributed by atoms with E-state index < -0.39 is 0 Å². The highest BCUT2D eigenvalue weighted by atomic mass is 16.5. The molecule has 0 unspecified atom stereocenters. The molecule has 18 heavy (non-hydrogen) atoms. The van der Waals surface area contributed by atoms with E-state index in [1.807, 2.05) is 24.3 Å². The number of benzene rings is 1. The second-order valence-corrected chi connectivity index (χ2v) is 5.61. The first-order chi connectivity index (χ1) is 8.78. The lowest BCUT2D eigenvalue weighted by Crippen LogP contribution is -2.53. The van der Waals surface area contributed by atoms with Crippen molar-refractivity contribution in [2.75, 3.05) is 18.8 Å². The SMILES string of the molecule is Nc1ccc(OC2(C3CCC3)CCNCC2)cc1. The quantitative estimate of drug-likeness (QED) is 0.806. The minimum atomic E-state index is 0.0691. The molecular formula is C15H22N2O. The lowest BCUT2D eigenvalue weighted by molar-refractivity contribution is -0.0493. The topological polar surface area (TPSA) is 47.3 Å². The monoisotopic (exact) mass is 246 g/mol. The maximum Gasteiger partial charge on any atom is 0.120 e. The van der Waals surface area contributed by atoms with Crippen LogP contribution in [0.15, 0.2) is 24.3 Å². The first-order valence-electron chi connectivity index (χ1n) is 7.04. The molecule has 0 radical (unpaired) electrons. The molecule has 1 aromatic rings. The standard InChI is InChI=1S/C15H22N2O/c16-13-4-6-14(7-5-13)18-15(12-2-1-3-12)8-10-17-11-9-15/h4-7,12,17H,1-3,8-11,16H2. The third-order valence-corrected chi connectivity index (χ3v) is 4.50. The van der Waals surface area contributed by atoms with E-state index in [1.54, 1.807) is 0 Å². The van der Waals surface area contributed by atoms with Crippen molar-refractivity contribution in [1.29, 1.82) is 0 Å². The largest absolute Gasteiger partial charge is 0.487 e.